The summed E-state index contributed by atoms with van der Waals surface area (Å²) in [7, 11) is -3.29. The van der Waals surface area contributed by atoms with E-state index in [1.807, 2.05) is 0 Å². The van der Waals surface area contributed by atoms with Crippen molar-refractivity contribution in [1.29, 1.82) is 0 Å². The summed E-state index contributed by atoms with van der Waals surface area (Å²) in [5, 5.41) is 0. The minimum atomic E-state index is -3.29. The van der Waals surface area contributed by atoms with E-state index in [2.05, 4.69) is 4.72 Å². The van der Waals surface area contributed by atoms with Crippen LogP contribution in [0.3, 0.4) is 0 Å². The minimum Gasteiger partial charge on any atom is -0.399 e. The number of nitrogens with two attached hydrogens (primary N) is 1. The van der Waals surface area contributed by atoms with Crippen molar-refractivity contribution in [3.63, 3.8) is 0 Å². The van der Waals surface area contributed by atoms with Crippen molar-refractivity contribution >= 4 is 15.7 Å². The molecule has 1 atom stereocenters. The third kappa shape index (κ3) is 4.81. The fourth-order valence-corrected chi connectivity index (χ4v) is 3.32. The van der Waals surface area contributed by atoms with Crippen molar-refractivity contribution in [3.05, 3.63) is 29.8 Å². The van der Waals surface area contributed by atoms with Crippen LogP contribution in [-0.4, -0.2) is 28.2 Å². The van der Waals surface area contributed by atoms with Crippen LogP contribution in [0.15, 0.2) is 24.3 Å². The summed E-state index contributed by atoms with van der Waals surface area (Å²) in [4.78, 5) is 0. The Kier molecular flexibility index (Phi) is 4.79. The molecule has 0 bridgehead atoms. The smallest absolute Gasteiger partial charge is 0.215 e. The zero-order valence-electron chi connectivity index (χ0n) is 10.8. The maximum absolute atomic E-state index is 11.9. The highest BCUT2D eigenvalue weighted by Gasteiger charge is 2.17. The first-order valence-corrected chi connectivity index (χ1v) is 8.10. The monoisotopic (exact) mass is 284 g/mol. The average molecular weight is 284 g/mol. The van der Waals surface area contributed by atoms with Gasteiger partial charge in [0.25, 0.3) is 0 Å². The van der Waals surface area contributed by atoms with Gasteiger partial charge in [0.15, 0.2) is 0 Å². The molecule has 0 aromatic heterocycles. The lowest BCUT2D eigenvalue weighted by Gasteiger charge is -2.22. The second-order valence-corrected chi connectivity index (χ2v) is 6.74. The molecule has 0 spiro atoms. The zero-order valence-corrected chi connectivity index (χ0v) is 11.7. The summed E-state index contributed by atoms with van der Waals surface area (Å²) in [5.74, 6) is 0.274. The Morgan fingerprint density at radius 1 is 1.32 bits per heavy atom. The quantitative estimate of drug-likeness (QED) is 0.794. The molecule has 0 amide bonds. The van der Waals surface area contributed by atoms with E-state index in [1.54, 1.807) is 24.3 Å². The second-order valence-electron chi connectivity index (χ2n) is 4.93. The molecule has 1 aromatic rings. The maximum Gasteiger partial charge on any atom is 0.215 e. The molecule has 5 nitrogen and oxygen atoms in total. The van der Waals surface area contributed by atoms with Crippen LogP contribution in [0.2, 0.25) is 0 Å². The van der Waals surface area contributed by atoms with Crippen LogP contribution in [0, 0.1) is 5.92 Å². The molecule has 1 heterocycles. The normalized spacial score (nSPS) is 20.3. The van der Waals surface area contributed by atoms with Crippen LogP contribution >= 0.6 is 0 Å². The van der Waals surface area contributed by atoms with E-state index in [4.69, 9.17) is 10.5 Å². The average Bonchev–Trinajstić information content (AvgIpc) is 2.40. The Hall–Kier alpha value is -1.11. The van der Waals surface area contributed by atoms with Gasteiger partial charge in [-0.05, 0) is 36.5 Å². The van der Waals surface area contributed by atoms with Gasteiger partial charge in [-0.1, -0.05) is 12.1 Å². The molecule has 1 aliphatic heterocycles. The molecule has 1 fully saturated rings. The van der Waals surface area contributed by atoms with Crippen LogP contribution in [0.4, 0.5) is 5.69 Å². The molecular formula is C13H20N2O3S. The molecule has 0 radical (unpaired) electrons. The Bertz CT molecular complexity index is 493. The summed E-state index contributed by atoms with van der Waals surface area (Å²) >= 11 is 0. The minimum absolute atomic E-state index is 0.0130. The largest absolute Gasteiger partial charge is 0.399 e. The van der Waals surface area contributed by atoms with Crippen molar-refractivity contribution in [1.82, 2.24) is 4.72 Å². The number of anilines is 1. The summed E-state index contributed by atoms with van der Waals surface area (Å²) in [6.45, 7) is 1.89. The summed E-state index contributed by atoms with van der Waals surface area (Å²) in [6.07, 6.45) is 2.02. The highest BCUT2D eigenvalue weighted by atomic mass is 32.2. The van der Waals surface area contributed by atoms with Crippen LogP contribution in [0.25, 0.3) is 0 Å². The number of rotatable bonds is 5. The SMILES string of the molecule is Nc1ccc(CS(=O)(=O)NCC2CCCOC2)cc1. The molecule has 0 saturated carbocycles. The summed E-state index contributed by atoms with van der Waals surface area (Å²) < 4.78 is 31.9. The van der Waals surface area contributed by atoms with Crippen molar-refractivity contribution in [2.24, 2.45) is 5.92 Å². The summed E-state index contributed by atoms with van der Waals surface area (Å²) in [5.41, 5.74) is 6.94. The van der Waals surface area contributed by atoms with Gasteiger partial charge < -0.3 is 10.5 Å². The van der Waals surface area contributed by atoms with E-state index in [0.717, 1.165) is 25.0 Å². The molecule has 3 N–H and O–H groups in total. The van der Waals surface area contributed by atoms with E-state index in [-0.39, 0.29) is 11.7 Å². The number of benzene rings is 1. The van der Waals surface area contributed by atoms with Gasteiger partial charge in [0.1, 0.15) is 0 Å². The Labute approximate surface area is 114 Å². The van der Waals surface area contributed by atoms with Gasteiger partial charge >= 0.3 is 0 Å². The van der Waals surface area contributed by atoms with Crippen molar-refractivity contribution in [2.75, 3.05) is 25.5 Å². The first kappa shape index (κ1) is 14.3. The predicted molar refractivity (Wildman–Crippen MR) is 75.0 cm³/mol. The summed E-state index contributed by atoms with van der Waals surface area (Å²) in [6, 6.07) is 6.89. The van der Waals surface area contributed by atoms with Gasteiger partial charge in [0.2, 0.25) is 10.0 Å². The first-order valence-electron chi connectivity index (χ1n) is 6.45. The molecule has 19 heavy (non-hydrogen) atoms. The van der Waals surface area contributed by atoms with E-state index in [1.165, 1.54) is 0 Å². The number of nitrogens with one attached hydrogen (secondary N) is 1. The molecule has 1 unspecified atom stereocenters. The molecule has 106 valence electrons. The molecule has 1 aliphatic rings. The lowest BCUT2D eigenvalue weighted by molar-refractivity contribution is 0.0568. The van der Waals surface area contributed by atoms with Crippen molar-refractivity contribution in [2.45, 2.75) is 18.6 Å². The highest BCUT2D eigenvalue weighted by Crippen LogP contribution is 2.13. The maximum atomic E-state index is 11.9. The lowest BCUT2D eigenvalue weighted by atomic mass is 10.0. The topological polar surface area (TPSA) is 81.4 Å². The Morgan fingerprint density at radius 3 is 2.68 bits per heavy atom. The Morgan fingerprint density at radius 2 is 2.05 bits per heavy atom. The fourth-order valence-electron chi connectivity index (χ4n) is 2.10. The molecule has 1 aromatic carbocycles. The Balaban J connectivity index is 1.85. The fraction of sp³-hybridized carbons (Fsp3) is 0.538. The van der Waals surface area contributed by atoms with Gasteiger partial charge in [0.05, 0.1) is 12.4 Å². The van der Waals surface area contributed by atoms with Crippen molar-refractivity contribution in [3.8, 4) is 0 Å². The third-order valence-corrected chi connectivity index (χ3v) is 4.50. The van der Waals surface area contributed by atoms with Crippen LogP contribution in [0.5, 0.6) is 0 Å². The number of nitrogen functional groups attached to an aromatic ring is 1. The van der Waals surface area contributed by atoms with Crippen LogP contribution in [0.1, 0.15) is 18.4 Å². The molecule has 0 aliphatic carbocycles. The lowest BCUT2D eigenvalue weighted by Crippen LogP contribution is -2.33. The molecule has 6 heteroatoms. The van der Waals surface area contributed by atoms with Gasteiger partial charge in [-0.3, -0.25) is 0 Å². The standard InChI is InChI=1S/C13H20N2O3S/c14-13-5-3-11(4-6-13)10-19(16,17)15-8-12-2-1-7-18-9-12/h3-6,12,15H,1-2,7-10,14H2. The second kappa shape index (κ2) is 6.36. The predicted octanol–water partition coefficient (Wildman–Crippen LogP) is 1.11. The van der Waals surface area contributed by atoms with Gasteiger partial charge in [-0.2, -0.15) is 0 Å². The number of hydrogen-bond donors (Lipinski definition) is 2. The number of ether oxygens (including phenoxy) is 1. The van der Waals surface area contributed by atoms with E-state index < -0.39 is 10.0 Å². The zero-order chi connectivity index (χ0) is 13.7. The third-order valence-electron chi connectivity index (χ3n) is 3.18. The van der Waals surface area contributed by atoms with E-state index >= 15 is 0 Å². The highest BCUT2D eigenvalue weighted by molar-refractivity contribution is 7.88. The van der Waals surface area contributed by atoms with Gasteiger partial charge in [-0.25, -0.2) is 13.1 Å². The molecule has 2 rings (SSSR count). The first-order chi connectivity index (χ1) is 9.05. The number of hydrogen-bond acceptors (Lipinski definition) is 4. The van der Waals surface area contributed by atoms with E-state index in [0.29, 0.717) is 18.8 Å². The van der Waals surface area contributed by atoms with Crippen LogP contribution < -0.4 is 10.5 Å². The van der Waals surface area contributed by atoms with Gasteiger partial charge in [-0.15, -0.1) is 0 Å². The molecule has 1 saturated heterocycles. The van der Waals surface area contributed by atoms with Gasteiger partial charge in [0, 0.05) is 18.8 Å². The van der Waals surface area contributed by atoms with Crippen molar-refractivity contribution < 1.29 is 13.2 Å². The van der Waals surface area contributed by atoms with E-state index in [9.17, 15) is 8.42 Å². The van der Waals surface area contributed by atoms with Crippen LogP contribution in [-0.2, 0) is 20.5 Å². The number of sulfonamides is 1. The molecular weight excluding hydrogens is 264 g/mol.